The van der Waals surface area contributed by atoms with Gasteiger partial charge in [0.25, 0.3) is 5.91 Å². The monoisotopic (exact) mass is 375 g/mol. The third kappa shape index (κ3) is 6.85. The molecular formula is C19H19F2N3O3. The Kier molecular flexibility index (Phi) is 7.42. The van der Waals surface area contributed by atoms with Crippen LogP contribution in [-0.4, -0.2) is 30.8 Å². The number of halogens is 2. The van der Waals surface area contributed by atoms with Gasteiger partial charge in [0.15, 0.2) is 11.6 Å². The van der Waals surface area contributed by atoms with E-state index in [0.29, 0.717) is 18.5 Å². The number of carbonyl (C=O) groups excluding carboxylic acids is 3. The molecule has 0 atom stereocenters. The third-order valence-electron chi connectivity index (χ3n) is 3.55. The molecule has 0 heterocycles. The molecule has 8 heteroatoms. The average Bonchev–Trinajstić information content (AvgIpc) is 2.67. The van der Waals surface area contributed by atoms with Crippen LogP contribution in [-0.2, 0) is 9.59 Å². The first-order valence-corrected chi connectivity index (χ1v) is 8.30. The normalized spacial score (nSPS) is 10.1. The molecule has 0 aliphatic heterocycles. The van der Waals surface area contributed by atoms with Crippen LogP contribution in [0.4, 0.5) is 14.5 Å². The van der Waals surface area contributed by atoms with E-state index in [2.05, 4.69) is 16.0 Å². The molecule has 0 spiro atoms. The number of hydrogen-bond acceptors (Lipinski definition) is 3. The zero-order chi connectivity index (χ0) is 19.6. The van der Waals surface area contributed by atoms with Gasteiger partial charge in [-0.2, -0.15) is 0 Å². The Morgan fingerprint density at radius 2 is 1.59 bits per heavy atom. The van der Waals surface area contributed by atoms with Gasteiger partial charge in [0.1, 0.15) is 0 Å². The summed E-state index contributed by atoms with van der Waals surface area (Å²) in [4.78, 5) is 35.2. The van der Waals surface area contributed by atoms with Crippen molar-refractivity contribution >= 4 is 23.4 Å². The molecule has 0 fully saturated rings. The maximum absolute atomic E-state index is 13.1. The van der Waals surface area contributed by atoms with Crippen molar-refractivity contribution in [2.45, 2.75) is 12.8 Å². The molecule has 3 amide bonds. The van der Waals surface area contributed by atoms with E-state index in [1.165, 1.54) is 6.07 Å². The maximum atomic E-state index is 13.1. The fourth-order valence-electron chi connectivity index (χ4n) is 2.19. The first-order valence-electron chi connectivity index (χ1n) is 8.30. The molecule has 0 aliphatic rings. The SMILES string of the molecule is O=C(CCCNC(=O)c1ccccc1)NCC(=O)Nc1ccc(F)c(F)c1. The Bertz CT molecular complexity index is 813. The van der Waals surface area contributed by atoms with E-state index in [9.17, 15) is 23.2 Å². The van der Waals surface area contributed by atoms with Crippen LogP contribution >= 0.6 is 0 Å². The molecule has 6 nitrogen and oxygen atoms in total. The molecule has 0 unspecified atom stereocenters. The van der Waals surface area contributed by atoms with Crippen molar-refractivity contribution in [3.05, 3.63) is 65.7 Å². The lowest BCUT2D eigenvalue weighted by molar-refractivity contribution is -0.124. The van der Waals surface area contributed by atoms with Crippen molar-refractivity contribution in [2.24, 2.45) is 0 Å². The van der Waals surface area contributed by atoms with Crippen LogP contribution in [0.3, 0.4) is 0 Å². The smallest absolute Gasteiger partial charge is 0.251 e. The molecule has 2 aromatic rings. The molecule has 0 saturated heterocycles. The molecule has 27 heavy (non-hydrogen) atoms. The van der Waals surface area contributed by atoms with Gasteiger partial charge in [-0.3, -0.25) is 14.4 Å². The summed E-state index contributed by atoms with van der Waals surface area (Å²) in [5.41, 5.74) is 0.632. The van der Waals surface area contributed by atoms with Crippen LogP contribution in [0.5, 0.6) is 0 Å². The van der Waals surface area contributed by atoms with Gasteiger partial charge in [0.2, 0.25) is 11.8 Å². The molecular weight excluding hydrogens is 356 g/mol. The first-order chi connectivity index (χ1) is 13.0. The van der Waals surface area contributed by atoms with Crippen molar-refractivity contribution in [1.82, 2.24) is 10.6 Å². The van der Waals surface area contributed by atoms with Gasteiger partial charge in [0, 0.05) is 30.3 Å². The van der Waals surface area contributed by atoms with Gasteiger partial charge in [-0.05, 0) is 30.7 Å². The van der Waals surface area contributed by atoms with Crippen LogP contribution in [0.15, 0.2) is 48.5 Å². The predicted octanol–water partition coefficient (Wildman–Crippen LogP) is 2.23. The van der Waals surface area contributed by atoms with Gasteiger partial charge in [-0.15, -0.1) is 0 Å². The number of rotatable bonds is 8. The number of benzene rings is 2. The van der Waals surface area contributed by atoms with Crippen LogP contribution in [0.1, 0.15) is 23.2 Å². The molecule has 0 aromatic heterocycles. The number of anilines is 1. The third-order valence-corrected chi connectivity index (χ3v) is 3.55. The lowest BCUT2D eigenvalue weighted by atomic mass is 10.2. The van der Waals surface area contributed by atoms with Crippen molar-refractivity contribution in [3.63, 3.8) is 0 Å². The second kappa shape index (κ2) is 10.0. The lowest BCUT2D eigenvalue weighted by Gasteiger charge is -2.08. The van der Waals surface area contributed by atoms with Crippen LogP contribution in [0, 0.1) is 11.6 Å². The van der Waals surface area contributed by atoms with Crippen LogP contribution < -0.4 is 16.0 Å². The van der Waals surface area contributed by atoms with Crippen molar-refractivity contribution in [2.75, 3.05) is 18.4 Å². The van der Waals surface area contributed by atoms with Gasteiger partial charge < -0.3 is 16.0 Å². The van der Waals surface area contributed by atoms with E-state index in [1.807, 2.05) is 6.07 Å². The van der Waals surface area contributed by atoms with Crippen LogP contribution in [0.25, 0.3) is 0 Å². The summed E-state index contributed by atoms with van der Waals surface area (Å²) in [7, 11) is 0. The summed E-state index contributed by atoms with van der Waals surface area (Å²) in [6, 6.07) is 11.7. The highest BCUT2D eigenvalue weighted by atomic mass is 19.2. The van der Waals surface area contributed by atoms with Crippen molar-refractivity contribution in [3.8, 4) is 0 Å². The zero-order valence-corrected chi connectivity index (χ0v) is 14.4. The molecule has 0 saturated carbocycles. The largest absolute Gasteiger partial charge is 0.352 e. The first kappa shape index (κ1) is 20.0. The van der Waals surface area contributed by atoms with Gasteiger partial charge in [-0.25, -0.2) is 8.78 Å². The minimum atomic E-state index is -1.07. The number of hydrogen-bond donors (Lipinski definition) is 3. The summed E-state index contributed by atoms with van der Waals surface area (Å²) in [6.45, 7) is 0.0242. The highest BCUT2D eigenvalue weighted by Crippen LogP contribution is 2.12. The van der Waals surface area contributed by atoms with E-state index in [-0.39, 0.29) is 30.5 Å². The van der Waals surface area contributed by atoms with Crippen molar-refractivity contribution in [1.29, 1.82) is 0 Å². The zero-order valence-electron chi connectivity index (χ0n) is 14.4. The van der Waals surface area contributed by atoms with Crippen LogP contribution in [0.2, 0.25) is 0 Å². The Morgan fingerprint density at radius 3 is 2.30 bits per heavy atom. The maximum Gasteiger partial charge on any atom is 0.251 e. The second-order valence-corrected chi connectivity index (χ2v) is 5.68. The second-order valence-electron chi connectivity index (χ2n) is 5.68. The number of nitrogens with one attached hydrogen (secondary N) is 3. The van der Waals surface area contributed by atoms with Gasteiger partial charge in [0.05, 0.1) is 6.54 Å². The van der Waals surface area contributed by atoms with Crippen molar-refractivity contribution < 1.29 is 23.2 Å². The quantitative estimate of drug-likeness (QED) is 0.619. The number of amides is 3. The van der Waals surface area contributed by atoms with E-state index in [4.69, 9.17) is 0 Å². The standard InChI is InChI=1S/C19H19F2N3O3/c20-15-9-8-14(11-16(15)21)24-18(26)12-23-17(25)7-4-10-22-19(27)13-5-2-1-3-6-13/h1-3,5-6,8-9,11H,4,7,10,12H2,(H,22,27)(H,23,25)(H,24,26). The summed E-state index contributed by atoms with van der Waals surface area (Å²) >= 11 is 0. The summed E-state index contributed by atoms with van der Waals surface area (Å²) in [5, 5.41) is 7.46. The van der Waals surface area contributed by atoms with Gasteiger partial charge in [-0.1, -0.05) is 18.2 Å². The predicted molar refractivity (Wildman–Crippen MR) is 96.0 cm³/mol. The van der Waals surface area contributed by atoms with E-state index < -0.39 is 17.5 Å². The highest BCUT2D eigenvalue weighted by Gasteiger charge is 2.09. The molecule has 3 N–H and O–H groups in total. The average molecular weight is 375 g/mol. The summed E-state index contributed by atoms with van der Waals surface area (Å²) in [5.74, 6) is -3.23. The summed E-state index contributed by atoms with van der Waals surface area (Å²) < 4.78 is 25.9. The van der Waals surface area contributed by atoms with E-state index in [1.54, 1.807) is 24.3 Å². The number of carbonyl (C=O) groups is 3. The topological polar surface area (TPSA) is 87.3 Å². The Labute approximate surface area is 155 Å². The van der Waals surface area contributed by atoms with Gasteiger partial charge >= 0.3 is 0 Å². The molecule has 142 valence electrons. The van der Waals surface area contributed by atoms with E-state index in [0.717, 1.165) is 12.1 Å². The van der Waals surface area contributed by atoms with E-state index >= 15 is 0 Å². The Balaban J connectivity index is 1.62. The fraction of sp³-hybridized carbons (Fsp3) is 0.211. The molecule has 2 rings (SSSR count). The molecule has 0 aliphatic carbocycles. The molecule has 2 aromatic carbocycles. The Morgan fingerprint density at radius 1 is 0.852 bits per heavy atom. The summed E-state index contributed by atoms with van der Waals surface area (Å²) in [6.07, 6.45) is 0.544. The fourth-order valence-corrected chi connectivity index (χ4v) is 2.19. The highest BCUT2D eigenvalue weighted by molar-refractivity contribution is 5.95. The minimum absolute atomic E-state index is 0.0942. The molecule has 0 radical (unpaired) electrons. The Hall–Kier alpha value is -3.29. The lowest BCUT2D eigenvalue weighted by Crippen LogP contribution is -2.33. The minimum Gasteiger partial charge on any atom is -0.352 e. The molecule has 0 bridgehead atoms.